The summed E-state index contributed by atoms with van der Waals surface area (Å²) in [4.78, 5) is 14.4. The minimum absolute atomic E-state index is 0.216. The summed E-state index contributed by atoms with van der Waals surface area (Å²) in [6.07, 6.45) is 5.28. The quantitative estimate of drug-likeness (QED) is 0.839. The molecule has 1 amide bonds. The number of hydrogen-bond donors (Lipinski definition) is 1. The van der Waals surface area contributed by atoms with Gasteiger partial charge in [-0.15, -0.1) is 0 Å². The molecule has 1 N–H and O–H groups in total. The standard InChI is InChI=1S/C19H30N2O/c1-16(10-11-17-7-4-3-5-8-17)13-19(22)20-14-18-9-6-12-21(2)15-18/h3-5,7-8,16,18H,6,9-15H2,1-2H3,(H,20,22)/t16-,18+/m0/s1. The van der Waals surface area contributed by atoms with E-state index in [1.807, 2.05) is 6.07 Å². The van der Waals surface area contributed by atoms with Crippen LogP contribution in [0.15, 0.2) is 30.3 Å². The van der Waals surface area contributed by atoms with Crippen molar-refractivity contribution in [3.05, 3.63) is 35.9 Å². The molecule has 1 aromatic rings. The number of nitrogens with one attached hydrogen (secondary N) is 1. The molecule has 0 radical (unpaired) electrons. The first-order valence-corrected chi connectivity index (χ1v) is 8.62. The molecule has 0 aliphatic carbocycles. The lowest BCUT2D eigenvalue weighted by Gasteiger charge is -2.29. The number of rotatable bonds is 7. The van der Waals surface area contributed by atoms with Gasteiger partial charge in [0.1, 0.15) is 0 Å². The van der Waals surface area contributed by atoms with Crippen molar-refractivity contribution in [1.29, 1.82) is 0 Å². The molecule has 1 saturated heterocycles. The predicted octanol–water partition coefficient (Wildman–Crippen LogP) is 3.10. The zero-order valence-electron chi connectivity index (χ0n) is 14.1. The first-order valence-electron chi connectivity index (χ1n) is 8.62. The van der Waals surface area contributed by atoms with E-state index in [0.29, 0.717) is 18.3 Å². The van der Waals surface area contributed by atoms with E-state index in [4.69, 9.17) is 0 Å². The number of benzene rings is 1. The summed E-state index contributed by atoms with van der Waals surface area (Å²) in [5.41, 5.74) is 1.36. The van der Waals surface area contributed by atoms with Gasteiger partial charge in [-0.25, -0.2) is 0 Å². The Balaban J connectivity index is 1.61. The third-order valence-electron chi connectivity index (χ3n) is 4.61. The zero-order chi connectivity index (χ0) is 15.8. The van der Waals surface area contributed by atoms with Gasteiger partial charge in [0.15, 0.2) is 0 Å². The molecule has 1 fully saturated rings. The van der Waals surface area contributed by atoms with Gasteiger partial charge < -0.3 is 10.2 Å². The Bertz CT molecular complexity index is 446. The van der Waals surface area contributed by atoms with E-state index in [1.165, 1.54) is 24.9 Å². The van der Waals surface area contributed by atoms with E-state index in [1.54, 1.807) is 0 Å². The van der Waals surface area contributed by atoms with Crippen molar-refractivity contribution in [2.75, 3.05) is 26.7 Å². The second-order valence-corrected chi connectivity index (χ2v) is 6.91. The number of carbonyl (C=O) groups is 1. The van der Waals surface area contributed by atoms with Gasteiger partial charge in [0.05, 0.1) is 0 Å². The number of carbonyl (C=O) groups excluding carboxylic acids is 1. The average molecular weight is 302 g/mol. The first kappa shape index (κ1) is 17.0. The molecule has 3 heteroatoms. The fourth-order valence-corrected chi connectivity index (χ4v) is 3.25. The molecule has 3 nitrogen and oxygen atoms in total. The van der Waals surface area contributed by atoms with Crippen molar-refractivity contribution in [3.8, 4) is 0 Å². The summed E-state index contributed by atoms with van der Waals surface area (Å²) in [7, 11) is 2.17. The Morgan fingerprint density at radius 2 is 2.14 bits per heavy atom. The average Bonchev–Trinajstić information content (AvgIpc) is 2.52. The van der Waals surface area contributed by atoms with E-state index >= 15 is 0 Å². The number of amides is 1. The maximum Gasteiger partial charge on any atom is 0.220 e. The van der Waals surface area contributed by atoms with Crippen molar-refractivity contribution in [2.45, 2.75) is 39.0 Å². The van der Waals surface area contributed by atoms with Gasteiger partial charge in [-0.1, -0.05) is 37.3 Å². The maximum absolute atomic E-state index is 12.1. The van der Waals surface area contributed by atoms with Crippen molar-refractivity contribution in [3.63, 3.8) is 0 Å². The molecule has 1 aromatic carbocycles. The Labute approximate surface area is 135 Å². The lowest BCUT2D eigenvalue weighted by molar-refractivity contribution is -0.122. The molecule has 122 valence electrons. The molecule has 1 aliphatic heterocycles. The molecular formula is C19H30N2O. The number of aryl methyl sites for hydroxylation is 1. The number of nitrogens with zero attached hydrogens (tertiary/aromatic N) is 1. The maximum atomic E-state index is 12.1. The van der Waals surface area contributed by atoms with Crippen LogP contribution in [-0.2, 0) is 11.2 Å². The van der Waals surface area contributed by atoms with Gasteiger partial charge in [-0.05, 0) is 56.7 Å². The molecule has 0 spiro atoms. The van der Waals surface area contributed by atoms with Crippen LogP contribution in [0.2, 0.25) is 0 Å². The topological polar surface area (TPSA) is 32.3 Å². The van der Waals surface area contributed by atoms with Crippen molar-refractivity contribution < 1.29 is 4.79 Å². The van der Waals surface area contributed by atoms with Gasteiger partial charge in [-0.2, -0.15) is 0 Å². The van der Waals surface area contributed by atoms with Crippen LogP contribution in [0.25, 0.3) is 0 Å². The van der Waals surface area contributed by atoms with E-state index < -0.39 is 0 Å². The number of likely N-dealkylation sites (tertiary alicyclic amines) is 1. The Kier molecular flexibility index (Phi) is 6.91. The molecule has 22 heavy (non-hydrogen) atoms. The highest BCUT2D eigenvalue weighted by Gasteiger charge is 2.18. The molecular weight excluding hydrogens is 272 g/mol. The molecule has 2 rings (SSSR count). The third kappa shape index (κ3) is 6.18. The third-order valence-corrected chi connectivity index (χ3v) is 4.61. The highest BCUT2D eigenvalue weighted by atomic mass is 16.1. The van der Waals surface area contributed by atoms with Crippen LogP contribution in [-0.4, -0.2) is 37.5 Å². The smallest absolute Gasteiger partial charge is 0.220 e. The van der Waals surface area contributed by atoms with Crippen LogP contribution in [0, 0.1) is 11.8 Å². The van der Waals surface area contributed by atoms with Crippen LogP contribution in [0.3, 0.4) is 0 Å². The second-order valence-electron chi connectivity index (χ2n) is 6.91. The number of hydrogen-bond acceptors (Lipinski definition) is 2. The van der Waals surface area contributed by atoms with E-state index in [-0.39, 0.29) is 5.91 Å². The SMILES string of the molecule is C[C@@H](CCc1ccccc1)CC(=O)NC[C@H]1CCCN(C)C1. The summed E-state index contributed by atoms with van der Waals surface area (Å²) in [6, 6.07) is 10.5. The van der Waals surface area contributed by atoms with Crippen LogP contribution >= 0.6 is 0 Å². The van der Waals surface area contributed by atoms with Crippen molar-refractivity contribution in [1.82, 2.24) is 10.2 Å². The van der Waals surface area contributed by atoms with E-state index in [0.717, 1.165) is 25.9 Å². The first-order chi connectivity index (χ1) is 10.6. The van der Waals surface area contributed by atoms with Gasteiger partial charge in [-0.3, -0.25) is 4.79 Å². The fourth-order valence-electron chi connectivity index (χ4n) is 3.25. The highest BCUT2D eigenvalue weighted by Crippen LogP contribution is 2.15. The predicted molar refractivity (Wildman–Crippen MR) is 91.8 cm³/mol. The Hall–Kier alpha value is -1.35. The number of piperidine rings is 1. The van der Waals surface area contributed by atoms with Crippen LogP contribution in [0.1, 0.15) is 38.2 Å². The largest absolute Gasteiger partial charge is 0.356 e. The van der Waals surface area contributed by atoms with E-state index in [2.05, 4.69) is 48.5 Å². The normalized spacial score (nSPS) is 20.5. The minimum Gasteiger partial charge on any atom is -0.356 e. The van der Waals surface area contributed by atoms with Crippen molar-refractivity contribution in [2.24, 2.45) is 11.8 Å². The second kappa shape index (κ2) is 8.94. The summed E-state index contributed by atoms with van der Waals surface area (Å²) in [6.45, 7) is 5.33. The molecule has 2 atom stereocenters. The molecule has 0 unspecified atom stereocenters. The molecule has 1 aliphatic rings. The molecule has 0 saturated carbocycles. The minimum atomic E-state index is 0.216. The zero-order valence-corrected chi connectivity index (χ0v) is 14.1. The Morgan fingerprint density at radius 1 is 1.36 bits per heavy atom. The Morgan fingerprint density at radius 3 is 2.86 bits per heavy atom. The monoisotopic (exact) mass is 302 g/mol. The summed E-state index contributed by atoms with van der Waals surface area (Å²) in [5.74, 6) is 1.28. The van der Waals surface area contributed by atoms with Crippen molar-refractivity contribution >= 4 is 5.91 Å². The molecule has 0 bridgehead atoms. The van der Waals surface area contributed by atoms with Crippen LogP contribution < -0.4 is 5.32 Å². The van der Waals surface area contributed by atoms with Gasteiger partial charge in [0, 0.05) is 19.5 Å². The van der Waals surface area contributed by atoms with Crippen LogP contribution in [0.5, 0.6) is 0 Å². The lowest BCUT2D eigenvalue weighted by atomic mass is 9.97. The molecule has 0 aromatic heterocycles. The van der Waals surface area contributed by atoms with Gasteiger partial charge in [0.25, 0.3) is 0 Å². The lowest BCUT2D eigenvalue weighted by Crippen LogP contribution is -2.39. The summed E-state index contributed by atoms with van der Waals surface area (Å²) in [5, 5.41) is 3.14. The van der Waals surface area contributed by atoms with Gasteiger partial charge in [0.2, 0.25) is 5.91 Å². The summed E-state index contributed by atoms with van der Waals surface area (Å²) < 4.78 is 0. The fraction of sp³-hybridized carbons (Fsp3) is 0.632. The van der Waals surface area contributed by atoms with Crippen LogP contribution in [0.4, 0.5) is 0 Å². The van der Waals surface area contributed by atoms with Gasteiger partial charge >= 0.3 is 0 Å². The summed E-state index contributed by atoms with van der Waals surface area (Å²) >= 11 is 0. The van der Waals surface area contributed by atoms with E-state index in [9.17, 15) is 4.79 Å². The molecule has 1 heterocycles. The highest BCUT2D eigenvalue weighted by molar-refractivity contribution is 5.76.